The highest BCUT2D eigenvalue weighted by Crippen LogP contribution is 2.18. The zero-order chi connectivity index (χ0) is 22.3. The Kier molecular flexibility index (Phi) is 6.80. The Balaban J connectivity index is 1.41. The van der Waals surface area contributed by atoms with Crippen LogP contribution >= 0.6 is 0 Å². The van der Waals surface area contributed by atoms with Crippen LogP contribution in [-0.2, 0) is 19.5 Å². The number of fused-ring (bicyclic) bond motifs is 1. The Bertz CT molecular complexity index is 1200. The van der Waals surface area contributed by atoms with Crippen LogP contribution in [0.25, 0.3) is 11.0 Å². The number of imidazole rings is 1. The molecule has 32 heavy (non-hydrogen) atoms. The Morgan fingerprint density at radius 2 is 1.78 bits per heavy atom. The Morgan fingerprint density at radius 3 is 2.56 bits per heavy atom. The number of nitrogens with one attached hydrogen (secondary N) is 1. The molecule has 0 unspecified atom stereocenters. The number of aryl methyl sites for hydroxylation is 2. The van der Waals surface area contributed by atoms with Gasteiger partial charge in [-0.1, -0.05) is 43.3 Å². The third-order valence-corrected chi connectivity index (χ3v) is 5.39. The molecule has 1 amide bonds. The molecule has 0 bridgehead atoms. The van der Waals surface area contributed by atoms with E-state index >= 15 is 0 Å². The molecule has 1 N–H and O–H groups in total. The maximum atomic E-state index is 13.9. The van der Waals surface area contributed by atoms with Crippen LogP contribution in [0, 0.1) is 5.82 Å². The van der Waals surface area contributed by atoms with Crippen molar-refractivity contribution in [1.29, 1.82) is 0 Å². The van der Waals surface area contributed by atoms with Crippen molar-refractivity contribution in [2.24, 2.45) is 0 Å². The van der Waals surface area contributed by atoms with Crippen LogP contribution in [0.3, 0.4) is 0 Å². The topological polar surface area (TPSA) is 56.1 Å². The molecule has 1 aromatic heterocycles. The monoisotopic (exact) mass is 431 g/mol. The SMILES string of the molecule is CCc1ccc(OCCCn2c(CNC(=O)c3ccccc3F)nc3ccccc32)cc1. The van der Waals surface area contributed by atoms with Crippen molar-refractivity contribution in [3.8, 4) is 5.75 Å². The number of halogens is 1. The highest BCUT2D eigenvalue weighted by molar-refractivity contribution is 5.94. The molecule has 0 radical (unpaired) electrons. The van der Waals surface area contributed by atoms with Gasteiger partial charge in [0, 0.05) is 6.54 Å². The molecule has 0 aliphatic carbocycles. The average molecular weight is 432 g/mol. The van der Waals surface area contributed by atoms with Gasteiger partial charge in [0.15, 0.2) is 0 Å². The number of benzene rings is 3. The molecule has 164 valence electrons. The lowest BCUT2D eigenvalue weighted by Gasteiger charge is -2.11. The first-order valence-electron chi connectivity index (χ1n) is 10.8. The zero-order valence-corrected chi connectivity index (χ0v) is 18.1. The summed E-state index contributed by atoms with van der Waals surface area (Å²) in [5.41, 5.74) is 3.16. The smallest absolute Gasteiger partial charge is 0.254 e. The number of hydrogen-bond donors (Lipinski definition) is 1. The molecule has 0 atom stereocenters. The van der Waals surface area contributed by atoms with Crippen LogP contribution in [0.15, 0.2) is 72.8 Å². The molecule has 0 spiro atoms. The van der Waals surface area contributed by atoms with Gasteiger partial charge in [0.2, 0.25) is 0 Å². The number of carbonyl (C=O) groups is 1. The number of rotatable bonds is 9. The van der Waals surface area contributed by atoms with Gasteiger partial charge < -0.3 is 14.6 Å². The number of hydrogen-bond acceptors (Lipinski definition) is 3. The lowest BCUT2D eigenvalue weighted by atomic mass is 10.2. The molecule has 0 saturated carbocycles. The highest BCUT2D eigenvalue weighted by atomic mass is 19.1. The van der Waals surface area contributed by atoms with Crippen LogP contribution < -0.4 is 10.1 Å². The first kappa shape index (κ1) is 21.6. The van der Waals surface area contributed by atoms with Crippen LogP contribution in [-0.4, -0.2) is 22.1 Å². The Labute approximate surface area is 186 Å². The van der Waals surface area contributed by atoms with Gasteiger partial charge in [-0.05, 0) is 54.8 Å². The van der Waals surface area contributed by atoms with E-state index in [0.29, 0.717) is 13.2 Å². The number of carbonyl (C=O) groups excluding carboxylic acids is 1. The molecule has 4 aromatic rings. The van der Waals surface area contributed by atoms with Crippen LogP contribution in [0.2, 0.25) is 0 Å². The minimum Gasteiger partial charge on any atom is -0.494 e. The van der Waals surface area contributed by atoms with Crippen molar-refractivity contribution in [3.05, 3.63) is 95.6 Å². The maximum Gasteiger partial charge on any atom is 0.254 e. The normalized spacial score (nSPS) is 10.9. The first-order valence-corrected chi connectivity index (χ1v) is 10.8. The minimum atomic E-state index is -0.539. The van der Waals surface area contributed by atoms with Gasteiger partial charge in [0.25, 0.3) is 5.91 Å². The summed E-state index contributed by atoms with van der Waals surface area (Å²) in [5.74, 6) is 0.585. The molecule has 1 heterocycles. The van der Waals surface area contributed by atoms with Crippen molar-refractivity contribution >= 4 is 16.9 Å². The zero-order valence-electron chi connectivity index (χ0n) is 18.1. The van der Waals surface area contributed by atoms with E-state index in [9.17, 15) is 9.18 Å². The molecule has 5 nitrogen and oxygen atoms in total. The summed E-state index contributed by atoms with van der Waals surface area (Å²) >= 11 is 0. The van der Waals surface area contributed by atoms with Crippen molar-refractivity contribution in [3.63, 3.8) is 0 Å². The van der Waals surface area contributed by atoms with Crippen molar-refractivity contribution in [1.82, 2.24) is 14.9 Å². The largest absolute Gasteiger partial charge is 0.494 e. The fourth-order valence-electron chi connectivity index (χ4n) is 3.64. The van der Waals surface area contributed by atoms with Crippen LogP contribution in [0.1, 0.15) is 35.1 Å². The molecule has 0 aliphatic heterocycles. The number of para-hydroxylation sites is 2. The maximum absolute atomic E-state index is 13.9. The number of aromatic nitrogens is 2. The third-order valence-electron chi connectivity index (χ3n) is 5.39. The summed E-state index contributed by atoms with van der Waals surface area (Å²) in [6, 6.07) is 22.0. The van der Waals surface area contributed by atoms with Gasteiger partial charge in [-0.25, -0.2) is 9.37 Å². The van der Waals surface area contributed by atoms with Gasteiger partial charge >= 0.3 is 0 Å². The fourth-order valence-corrected chi connectivity index (χ4v) is 3.64. The average Bonchev–Trinajstić information content (AvgIpc) is 3.18. The van der Waals surface area contributed by atoms with E-state index in [2.05, 4.69) is 33.9 Å². The van der Waals surface area contributed by atoms with Gasteiger partial charge in [-0.3, -0.25) is 4.79 Å². The molecule has 0 aliphatic rings. The summed E-state index contributed by atoms with van der Waals surface area (Å²) < 4.78 is 21.9. The number of nitrogens with zero attached hydrogens (tertiary/aromatic N) is 2. The molecular formula is C26H26FN3O2. The van der Waals surface area contributed by atoms with E-state index in [0.717, 1.165) is 35.4 Å². The van der Waals surface area contributed by atoms with Gasteiger partial charge in [0.05, 0.1) is 29.7 Å². The Hall–Kier alpha value is -3.67. The molecule has 3 aromatic carbocycles. The molecule has 4 rings (SSSR count). The highest BCUT2D eigenvalue weighted by Gasteiger charge is 2.14. The van der Waals surface area contributed by atoms with Crippen molar-refractivity contribution in [2.75, 3.05) is 6.61 Å². The molecule has 0 saturated heterocycles. The predicted octanol–water partition coefficient (Wildman–Crippen LogP) is 5.14. The second-order valence-corrected chi connectivity index (χ2v) is 7.53. The summed E-state index contributed by atoms with van der Waals surface area (Å²) in [6.07, 6.45) is 1.79. The van der Waals surface area contributed by atoms with E-state index in [1.165, 1.54) is 17.7 Å². The lowest BCUT2D eigenvalue weighted by Crippen LogP contribution is -2.25. The van der Waals surface area contributed by atoms with E-state index in [-0.39, 0.29) is 12.1 Å². The van der Waals surface area contributed by atoms with E-state index in [1.807, 2.05) is 36.4 Å². The summed E-state index contributed by atoms with van der Waals surface area (Å²) in [7, 11) is 0. The van der Waals surface area contributed by atoms with E-state index in [4.69, 9.17) is 4.74 Å². The van der Waals surface area contributed by atoms with Gasteiger partial charge in [0.1, 0.15) is 17.4 Å². The summed E-state index contributed by atoms with van der Waals surface area (Å²) in [5, 5.41) is 2.79. The molecule has 6 heteroatoms. The minimum absolute atomic E-state index is 0.0256. The van der Waals surface area contributed by atoms with Crippen LogP contribution in [0.4, 0.5) is 4.39 Å². The van der Waals surface area contributed by atoms with Crippen LogP contribution in [0.5, 0.6) is 5.75 Å². The second-order valence-electron chi connectivity index (χ2n) is 7.53. The quantitative estimate of drug-likeness (QED) is 0.374. The summed E-state index contributed by atoms with van der Waals surface area (Å²) in [6.45, 7) is 3.60. The molecular weight excluding hydrogens is 405 g/mol. The fraction of sp³-hybridized carbons (Fsp3) is 0.231. The predicted molar refractivity (Wildman–Crippen MR) is 123 cm³/mol. The second kappa shape index (κ2) is 10.1. The summed E-state index contributed by atoms with van der Waals surface area (Å²) in [4.78, 5) is 17.1. The van der Waals surface area contributed by atoms with E-state index < -0.39 is 11.7 Å². The number of amides is 1. The molecule has 0 fully saturated rings. The standard InChI is InChI=1S/C26H26FN3O2/c1-2-19-12-14-20(15-13-19)32-17-7-16-30-24-11-6-5-10-23(24)29-25(30)18-28-26(31)21-8-3-4-9-22(21)27/h3-6,8-15H,2,7,16-18H2,1H3,(H,28,31). The number of ether oxygens (including phenoxy) is 1. The van der Waals surface area contributed by atoms with Gasteiger partial charge in [-0.15, -0.1) is 0 Å². The van der Waals surface area contributed by atoms with E-state index in [1.54, 1.807) is 12.1 Å². The Morgan fingerprint density at radius 1 is 1.03 bits per heavy atom. The van der Waals surface area contributed by atoms with Crippen molar-refractivity contribution < 1.29 is 13.9 Å². The van der Waals surface area contributed by atoms with Crippen molar-refractivity contribution in [2.45, 2.75) is 32.9 Å². The van der Waals surface area contributed by atoms with Gasteiger partial charge in [-0.2, -0.15) is 0 Å². The lowest BCUT2D eigenvalue weighted by molar-refractivity contribution is 0.0945. The first-order chi connectivity index (χ1) is 15.7. The third kappa shape index (κ3) is 4.97.